The van der Waals surface area contributed by atoms with Gasteiger partial charge in [-0.2, -0.15) is 0 Å². The Balaban J connectivity index is 2.17. The van der Waals surface area contributed by atoms with Gasteiger partial charge in [0, 0.05) is 29.0 Å². The number of nitro benzene ring substituents is 1. The Hall–Kier alpha value is -1.56. The molecular weight excluding hydrogens is 298 g/mol. The SMILES string of the molecule is O=[N+]([O-])c1cccc(Br)c1C=NCC1=NCCC1. The Bertz CT molecular complexity index is 526. The number of nitrogens with zero attached hydrogens (tertiary/aromatic N) is 3. The van der Waals surface area contributed by atoms with E-state index in [1.807, 2.05) is 0 Å². The standard InChI is InChI=1S/C12H12BrN3O2/c13-11-4-1-5-12(16(17)18)10(11)8-14-7-9-3-2-6-15-9/h1,4-5,8H,2-3,6-7H2. The second-order valence-corrected chi connectivity index (χ2v) is 4.81. The fourth-order valence-corrected chi connectivity index (χ4v) is 2.24. The zero-order valence-electron chi connectivity index (χ0n) is 9.67. The highest BCUT2D eigenvalue weighted by Gasteiger charge is 2.14. The van der Waals surface area contributed by atoms with Gasteiger partial charge in [0.05, 0.1) is 17.0 Å². The van der Waals surface area contributed by atoms with Gasteiger partial charge in [0.15, 0.2) is 0 Å². The number of benzene rings is 1. The van der Waals surface area contributed by atoms with Gasteiger partial charge in [0.1, 0.15) is 0 Å². The lowest BCUT2D eigenvalue weighted by atomic mass is 10.2. The molecule has 0 aromatic heterocycles. The van der Waals surface area contributed by atoms with Crippen molar-refractivity contribution in [3.63, 3.8) is 0 Å². The van der Waals surface area contributed by atoms with Crippen molar-refractivity contribution in [1.82, 2.24) is 0 Å². The molecule has 1 heterocycles. The molecule has 0 N–H and O–H groups in total. The summed E-state index contributed by atoms with van der Waals surface area (Å²) in [5, 5.41) is 10.9. The number of rotatable bonds is 4. The Labute approximate surface area is 113 Å². The average Bonchev–Trinajstić information content (AvgIpc) is 2.84. The Kier molecular flexibility index (Phi) is 4.19. The Morgan fingerprint density at radius 2 is 2.39 bits per heavy atom. The molecule has 0 spiro atoms. The monoisotopic (exact) mass is 309 g/mol. The van der Waals surface area contributed by atoms with Gasteiger partial charge in [-0.05, 0) is 34.8 Å². The fraction of sp³-hybridized carbons (Fsp3) is 0.333. The lowest BCUT2D eigenvalue weighted by molar-refractivity contribution is -0.385. The van der Waals surface area contributed by atoms with Crippen LogP contribution in [-0.4, -0.2) is 29.9 Å². The van der Waals surface area contributed by atoms with Crippen LogP contribution in [-0.2, 0) is 0 Å². The van der Waals surface area contributed by atoms with Crippen LogP contribution >= 0.6 is 15.9 Å². The summed E-state index contributed by atoms with van der Waals surface area (Å²) in [4.78, 5) is 19.0. The van der Waals surface area contributed by atoms with Gasteiger partial charge in [0.2, 0.25) is 0 Å². The molecule has 0 saturated heterocycles. The predicted molar refractivity (Wildman–Crippen MR) is 74.8 cm³/mol. The molecule has 0 atom stereocenters. The van der Waals surface area contributed by atoms with Gasteiger partial charge in [-0.25, -0.2) is 0 Å². The molecular formula is C12H12BrN3O2. The summed E-state index contributed by atoms with van der Waals surface area (Å²) in [5.41, 5.74) is 1.63. The third-order valence-electron chi connectivity index (χ3n) is 2.68. The van der Waals surface area contributed by atoms with Crippen LogP contribution in [0.2, 0.25) is 0 Å². The van der Waals surface area contributed by atoms with Crippen molar-refractivity contribution in [2.75, 3.05) is 13.1 Å². The molecule has 1 aromatic rings. The molecule has 5 nitrogen and oxygen atoms in total. The van der Waals surface area contributed by atoms with Gasteiger partial charge in [-0.15, -0.1) is 0 Å². The molecule has 18 heavy (non-hydrogen) atoms. The van der Waals surface area contributed by atoms with E-state index in [-0.39, 0.29) is 5.69 Å². The summed E-state index contributed by atoms with van der Waals surface area (Å²) in [6.07, 6.45) is 3.61. The quantitative estimate of drug-likeness (QED) is 0.487. The van der Waals surface area contributed by atoms with Gasteiger partial charge in [0.25, 0.3) is 5.69 Å². The van der Waals surface area contributed by atoms with Crippen LogP contribution in [0.4, 0.5) is 5.69 Å². The van der Waals surface area contributed by atoms with Crippen LogP contribution in [0.1, 0.15) is 18.4 Å². The number of aliphatic imine (C=N–C) groups is 2. The largest absolute Gasteiger partial charge is 0.292 e. The maximum absolute atomic E-state index is 10.9. The van der Waals surface area contributed by atoms with Crippen molar-refractivity contribution in [2.45, 2.75) is 12.8 Å². The van der Waals surface area contributed by atoms with Gasteiger partial charge in [-0.3, -0.25) is 20.1 Å². The number of nitro groups is 1. The molecule has 94 valence electrons. The second-order valence-electron chi connectivity index (χ2n) is 3.95. The number of hydrogen-bond donors (Lipinski definition) is 0. The van der Waals surface area contributed by atoms with E-state index in [0.717, 1.165) is 25.1 Å². The summed E-state index contributed by atoms with van der Waals surface area (Å²) in [7, 11) is 0. The minimum Gasteiger partial charge on any atom is -0.292 e. The molecule has 0 unspecified atom stereocenters. The van der Waals surface area contributed by atoms with Crippen LogP contribution in [0, 0.1) is 10.1 Å². The molecule has 0 bridgehead atoms. The van der Waals surface area contributed by atoms with Crippen LogP contribution in [0.3, 0.4) is 0 Å². The van der Waals surface area contributed by atoms with Crippen LogP contribution in [0.5, 0.6) is 0 Å². The van der Waals surface area contributed by atoms with Crippen LogP contribution in [0.15, 0.2) is 32.7 Å². The van der Waals surface area contributed by atoms with Gasteiger partial charge >= 0.3 is 0 Å². The zero-order valence-corrected chi connectivity index (χ0v) is 11.3. The van der Waals surface area contributed by atoms with E-state index in [9.17, 15) is 10.1 Å². The summed E-state index contributed by atoms with van der Waals surface area (Å²) in [6.45, 7) is 1.40. The van der Waals surface area contributed by atoms with E-state index in [1.54, 1.807) is 18.3 Å². The number of halogens is 1. The first kappa shape index (κ1) is 12.9. The normalized spacial score (nSPS) is 15.1. The van der Waals surface area contributed by atoms with E-state index in [0.29, 0.717) is 16.6 Å². The lowest BCUT2D eigenvalue weighted by Crippen LogP contribution is -2.00. The first-order chi connectivity index (χ1) is 8.68. The van der Waals surface area contributed by atoms with E-state index in [1.165, 1.54) is 6.07 Å². The van der Waals surface area contributed by atoms with Gasteiger partial charge < -0.3 is 0 Å². The van der Waals surface area contributed by atoms with Crippen molar-refractivity contribution >= 4 is 33.5 Å². The van der Waals surface area contributed by atoms with Gasteiger partial charge in [-0.1, -0.05) is 6.07 Å². The van der Waals surface area contributed by atoms with E-state index in [2.05, 4.69) is 25.9 Å². The van der Waals surface area contributed by atoms with E-state index >= 15 is 0 Å². The van der Waals surface area contributed by atoms with Crippen LogP contribution in [0.25, 0.3) is 0 Å². The molecule has 0 aliphatic carbocycles. The maximum Gasteiger partial charge on any atom is 0.279 e. The topological polar surface area (TPSA) is 67.9 Å². The minimum absolute atomic E-state index is 0.0569. The molecule has 0 fully saturated rings. The third kappa shape index (κ3) is 3.01. The first-order valence-corrected chi connectivity index (χ1v) is 6.42. The highest BCUT2D eigenvalue weighted by atomic mass is 79.9. The molecule has 6 heteroatoms. The third-order valence-corrected chi connectivity index (χ3v) is 3.37. The molecule has 2 rings (SSSR count). The zero-order chi connectivity index (χ0) is 13.0. The molecule has 0 saturated carbocycles. The highest BCUT2D eigenvalue weighted by Crippen LogP contribution is 2.24. The maximum atomic E-state index is 10.9. The van der Waals surface area contributed by atoms with Crippen molar-refractivity contribution in [1.29, 1.82) is 0 Å². The summed E-state index contributed by atoms with van der Waals surface area (Å²) < 4.78 is 0.675. The first-order valence-electron chi connectivity index (χ1n) is 5.63. The second kappa shape index (κ2) is 5.86. The van der Waals surface area contributed by atoms with Crippen molar-refractivity contribution in [2.24, 2.45) is 9.98 Å². The molecule has 0 amide bonds. The average molecular weight is 310 g/mol. The Morgan fingerprint density at radius 1 is 1.56 bits per heavy atom. The summed E-state index contributed by atoms with van der Waals surface area (Å²) in [6, 6.07) is 4.88. The predicted octanol–water partition coefficient (Wildman–Crippen LogP) is 3.01. The van der Waals surface area contributed by atoms with Crippen molar-refractivity contribution in [3.05, 3.63) is 38.3 Å². The van der Waals surface area contributed by atoms with Crippen molar-refractivity contribution < 1.29 is 4.92 Å². The minimum atomic E-state index is -0.404. The molecule has 1 aliphatic rings. The van der Waals surface area contributed by atoms with E-state index < -0.39 is 4.92 Å². The summed E-state index contributed by atoms with van der Waals surface area (Å²) >= 11 is 3.30. The van der Waals surface area contributed by atoms with Crippen LogP contribution < -0.4 is 0 Å². The number of hydrogen-bond acceptors (Lipinski definition) is 4. The lowest BCUT2D eigenvalue weighted by Gasteiger charge is -2.00. The Morgan fingerprint density at radius 3 is 3.06 bits per heavy atom. The fourth-order valence-electron chi connectivity index (χ4n) is 1.78. The molecule has 1 aliphatic heterocycles. The molecule has 1 aromatic carbocycles. The smallest absolute Gasteiger partial charge is 0.279 e. The van der Waals surface area contributed by atoms with Crippen molar-refractivity contribution in [3.8, 4) is 0 Å². The van der Waals surface area contributed by atoms with E-state index in [4.69, 9.17) is 0 Å². The molecule has 0 radical (unpaired) electrons. The highest BCUT2D eigenvalue weighted by molar-refractivity contribution is 9.10. The summed E-state index contributed by atoms with van der Waals surface area (Å²) in [5.74, 6) is 0.